The molecule has 0 unspecified atom stereocenters. The molecule has 2 aliphatic carbocycles. The molecule has 2 saturated carbocycles. The van der Waals surface area contributed by atoms with E-state index in [0.29, 0.717) is 5.92 Å². The fourth-order valence-corrected chi connectivity index (χ4v) is 6.95. The molecule has 0 spiro atoms. The number of aliphatic carboxylic acids is 1. The molecule has 0 radical (unpaired) electrons. The lowest BCUT2D eigenvalue weighted by atomic mass is 9.88. The second-order valence-corrected chi connectivity index (χ2v) is 13.9. The Morgan fingerprint density at radius 1 is 0.864 bits per heavy atom. The first-order valence-electron chi connectivity index (χ1n) is 16.4. The van der Waals surface area contributed by atoms with Crippen LogP contribution in [0.4, 0.5) is 24.9 Å². The van der Waals surface area contributed by atoms with Gasteiger partial charge in [0.25, 0.3) is 0 Å². The van der Waals surface area contributed by atoms with Crippen LogP contribution in [-0.4, -0.2) is 105 Å². The first kappa shape index (κ1) is 32.7. The standard InChI is InChI=1S/C29H48N8.C2HF3O2/c1-29(2,3)37-27-25(21-31-37)26(30-20-22-12-16-35(17-13-22)24-10-6-11-24)32-28(33-27)36-15-7-14-34(18-19-36)23-8-4-5-9-23;3-2(4,5)1(6)7/h21-24H,4-20H2,1-3H3,(H,30,32,33);(H,6,7). The molecule has 0 atom stereocenters. The Bertz CT molecular complexity index is 1240. The highest BCUT2D eigenvalue weighted by molar-refractivity contribution is 5.87. The summed E-state index contributed by atoms with van der Waals surface area (Å²) in [5.41, 5.74) is 0.827. The van der Waals surface area contributed by atoms with Gasteiger partial charge in [-0.15, -0.1) is 0 Å². The monoisotopic (exact) mass is 622 g/mol. The van der Waals surface area contributed by atoms with Crippen LogP contribution in [0.5, 0.6) is 0 Å². The molecule has 2 aromatic heterocycles. The highest BCUT2D eigenvalue weighted by Gasteiger charge is 2.38. The van der Waals surface area contributed by atoms with Crippen molar-refractivity contribution in [2.45, 2.75) is 109 Å². The maximum atomic E-state index is 10.6. The number of halogens is 3. The van der Waals surface area contributed by atoms with Crippen LogP contribution in [-0.2, 0) is 10.3 Å². The van der Waals surface area contributed by atoms with Crippen molar-refractivity contribution in [3.8, 4) is 0 Å². The van der Waals surface area contributed by atoms with E-state index in [0.717, 1.165) is 61.1 Å². The number of nitrogens with zero attached hydrogens (tertiary/aromatic N) is 7. The SMILES string of the molecule is CC(C)(C)n1ncc2c(NCC3CCN(C4CCC4)CC3)nc(N3CCCN(C4CCCC4)CC3)nc21.O=C(O)C(F)(F)F. The summed E-state index contributed by atoms with van der Waals surface area (Å²) >= 11 is 0. The molecule has 4 fully saturated rings. The van der Waals surface area contributed by atoms with Gasteiger partial charge in [-0.25, -0.2) is 9.48 Å². The van der Waals surface area contributed by atoms with E-state index in [-0.39, 0.29) is 5.54 Å². The Hall–Kier alpha value is -2.67. The van der Waals surface area contributed by atoms with E-state index >= 15 is 0 Å². The van der Waals surface area contributed by atoms with E-state index in [1.54, 1.807) is 0 Å². The summed E-state index contributed by atoms with van der Waals surface area (Å²) in [4.78, 5) is 27.1. The second-order valence-electron chi connectivity index (χ2n) is 13.9. The highest BCUT2D eigenvalue weighted by atomic mass is 19.4. The highest BCUT2D eigenvalue weighted by Crippen LogP contribution is 2.31. The minimum absolute atomic E-state index is 0.128. The van der Waals surface area contributed by atoms with Crippen LogP contribution in [0.15, 0.2) is 6.20 Å². The van der Waals surface area contributed by atoms with Crippen molar-refractivity contribution in [2.24, 2.45) is 5.92 Å². The van der Waals surface area contributed by atoms with E-state index in [1.165, 1.54) is 83.8 Å². The number of hydrogen-bond donors (Lipinski definition) is 2. The number of carbonyl (C=O) groups is 1. The number of fused-ring (bicyclic) bond motifs is 1. The summed E-state index contributed by atoms with van der Waals surface area (Å²) in [5.74, 6) is -0.212. The summed E-state index contributed by atoms with van der Waals surface area (Å²) in [5, 5.41) is 16.7. The smallest absolute Gasteiger partial charge is 0.475 e. The predicted molar refractivity (Wildman–Crippen MR) is 165 cm³/mol. The maximum Gasteiger partial charge on any atom is 0.490 e. The van der Waals surface area contributed by atoms with Gasteiger partial charge in [0.15, 0.2) is 5.65 Å². The van der Waals surface area contributed by atoms with Gasteiger partial charge >= 0.3 is 12.1 Å². The van der Waals surface area contributed by atoms with E-state index < -0.39 is 12.1 Å². The number of rotatable bonds is 6. The molecular weight excluding hydrogens is 573 g/mol. The van der Waals surface area contributed by atoms with Crippen LogP contribution in [0.1, 0.15) is 85.0 Å². The third-order valence-electron chi connectivity index (χ3n) is 9.75. The molecule has 0 amide bonds. The molecule has 2 saturated heterocycles. The number of carboxylic acid groups (broad SMARTS) is 1. The van der Waals surface area contributed by atoms with E-state index in [4.69, 9.17) is 25.0 Å². The summed E-state index contributed by atoms with van der Waals surface area (Å²) in [6.07, 6.45) is 10.4. The first-order valence-corrected chi connectivity index (χ1v) is 16.4. The van der Waals surface area contributed by atoms with E-state index in [9.17, 15) is 13.2 Å². The van der Waals surface area contributed by atoms with Gasteiger partial charge < -0.3 is 20.2 Å². The molecule has 4 heterocycles. The van der Waals surface area contributed by atoms with Crippen LogP contribution >= 0.6 is 0 Å². The van der Waals surface area contributed by atoms with Gasteiger partial charge in [0, 0.05) is 44.8 Å². The number of anilines is 2. The molecule has 246 valence electrons. The molecule has 0 bridgehead atoms. The van der Waals surface area contributed by atoms with Gasteiger partial charge in [0.2, 0.25) is 5.95 Å². The van der Waals surface area contributed by atoms with Crippen molar-refractivity contribution in [2.75, 3.05) is 56.0 Å². The van der Waals surface area contributed by atoms with Gasteiger partial charge in [-0.3, -0.25) is 4.90 Å². The van der Waals surface area contributed by atoms with Crippen molar-refractivity contribution < 1.29 is 23.1 Å². The molecule has 2 aliphatic heterocycles. The third-order valence-corrected chi connectivity index (χ3v) is 9.75. The molecule has 4 aliphatic rings. The zero-order chi connectivity index (χ0) is 31.5. The van der Waals surface area contributed by atoms with Crippen molar-refractivity contribution in [1.82, 2.24) is 29.5 Å². The van der Waals surface area contributed by atoms with E-state index in [1.807, 2.05) is 6.20 Å². The van der Waals surface area contributed by atoms with Crippen LogP contribution in [0.3, 0.4) is 0 Å². The molecule has 6 rings (SSSR count). The van der Waals surface area contributed by atoms with E-state index in [2.05, 4.69) is 45.5 Å². The average molecular weight is 623 g/mol. The Labute approximate surface area is 258 Å². The minimum atomic E-state index is -5.08. The fourth-order valence-electron chi connectivity index (χ4n) is 6.95. The molecule has 2 N–H and O–H groups in total. The summed E-state index contributed by atoms with van der Waals surface area (Å²) in [6, 6.07) is 1.66. The zero-order valence-electron chi connectivity index (χ0n) is 26.5. The lowest BCUT2D eigenvalue weighted by Gasteiger charge is -2.41. The molecule has 2 aromatic rings. The molecular formula is C31H49F3N8O2. The Balaban J connectivity index is 0.000000493. The maximum absolute atomic E-state index is 10.6. The van der Waals surface area contributed by atoms with Crippen molar-refractivity contribution in [3.63, 3.8) is 0 Å². The third kappa shape index (κ3) is 7.94. The first-order chi connectivity index (χ1) is 20.9. The zero-order valence-corrected chi connectivity index (χ0v) is 26.5. The Morgan fingerprint density at radius 3 is 2.05 bits per heavy atom. The largest absolute Gasteiger partial charge is 0.490 e. The quantitative estimate of drug-likeness (QED) is 0.442. The number of hydrogen-bond acceptors (Lipinski definition) is 8. The molecule has 0 aromatic carbocycles. The van der Waals surface area contributed by atoms with Gasteiger partial charge in [-0.05, 0) is 84.7 Å². The van der Waals surface area contributed by atoms with Crippen molar-refractivity contribution >= 4 is 28.8 Å². The number of aromatic nitrogens is 4. The van der Waals surface area contributed by atoms with Crippen molar-refractivity contribution in [3.05, 3.63) is 6.20 Å². The van der Waals surface area contributed by atoms with Gasteiger partial charge in [-0.2, -0.15) is 28.2 Å². The Morgan fingerprint density at radius 2 is 1.48 bits per heavy atom. The van der Waals surface area contributed by atoms with Crippen LogP contribution in [0.2, 0.25) is 0 Å². The number of piperidine rings is 1. The number of carboxylic acids is 1. The second kappa shape index (κ2) is 13.8. The van der Waals surface area contributed by atoms with Crippen molar-refractivity contribution in [1.29, 1.82) is 0 Å². The molecule has 10 nitrogen and oxygen atoms in total. The number of likely N-dealkylation sites (tertiary alicyclic amines) is 1. The summed E-state index contributed by atoms with van der Waals surface area (Å²) in [6.45, 7) is 14.5. The number of alkyl halides is 3. The number of nitrogens with one attached hydrogen (secondary N) is 1. The van der Waals surface area contributed by atoms with Crippen LogP contribution < -0.4 is 10.2 Å². The molecule has 44 heavy (non-hydrogen) atoms. The Kier molecular flexibility index (Phi) is 10.2. The van der Waals surface area contributed by atoms with Crippen LogP contribution in [0.25, 0.3) is 11.0 Å². The lowest BCUT2D eigenvalue weighted by molar-refractivity contribution is -0.192. The van der Waals surface area contributed by atoms with Gasteiger partial charge in [0.05, 0.1) is 17.1 Å². The van der Waals surface area contributed by atoms with Gasteiger partial charge in [0.1, 0.15) is 5.82 Å². The van der Waals surface area contributed by atoms with Gasteiger partial charge in [-0.1, -0.05) is 19.3 Å². The normalized spacial score (nSPS) is 22.0. The lowest BCUT2D eigenvalue weighted by Crippen LogP contribution is -2.45. The van der Waals surface area contributed by atoms with Crippen LogP contribution in [0, 0.1) is 5.92 Å². The fraction of sp³-hybridized carbons (Fsp3) is 0.806. The predicted octanol–water partition coefficient (Wildman–Crippen LogP) is 5.35. The summed E-state index contributed by atoms with van der Waals surface area (Å²) in [7, 11) is 0. The molecule has 13 heteroatoms. The topological polar surface area (TPSA) is 103 Å². The minimum Gasteiger partial charge on any atom is -0.475 e. The summed E-state index contributed by atoms with van der Waals surface area (Å²) < 4.78 is 33.8. The average Bonchev–Trinajstić information content (AvgIpc) is 3.57.